The van der Waals surface area contributed by atoms with Gasteiger partial charge in [-0.3, -0.25) is 4.79 Å². The first-order valence-corrected chi connectivity index (χ1v) is 7.99. The Labute approximate surface area is 146 Å². The molecule has 0 saturated heterocycles. The molecule has 0 radical (unpaired) electrons. The van der Waals surface area contributed by atoms with Crippen molar-refractivity contribution >= 4 is 5.97 Å². The first-order valence-electron chi connectivity index (χ1n) is 7.99. The van der Waals surface area contributed by atoms with Gasteiger partial charge in [-0.15, -0.1) is 0 Å². The Balaban J connectivity index is 2.08. The van der Waals surface area contributed by atoms with E-state index in [0.717, 1.165) is 11.1 Å². The third-order valence-corrected chi connectivity index (χ3v) is 3.58. The first kappa shape index (κ1) is 18.7. The summed E-state index contributed by atoms with van der Waals surface area (Å²) in [6, 6.07) is 10.7. The number of halogens is 1. The van der Waals surface area contributed by atoms with Crippen molar-refractivity contribution in [2.75, 3.05) is 13.7 Å². The molecule has 2 N–H and O–H groups in total. The van der Waals surface area contributed by atoms with Gasteiger partial charge in [0.1, 0.15) is 18.5 Å². The second kappa shape index (κ2) is 9.03. The van der Waals surface area contributed by atoms with Crippen LogP contribution in [-0.4, -0.2) is 25.7 Å². The minimum atomic E-state index is -0.738. The van der Waals surface area contributed by atoms with E-state index in [1.807, 2.05) is 6.07 Å². The van der Waals surface area contributed by atoms with Gasteiger partial charge in [0.15, 0.2) is 11.5 Å². The number of rotatable bonds is 8. The number of ether oxygens (including phenoxy) is 3. The molecule has 0 spiro atoms. The third-order valence-electron chi connectivity index (χ3n) is 3.58. The number of carbonyl (C=O) groups is 1. The number of hydrogen-bond donors (Lipinski definition) is 1. The highest BCUT2D eigenvalue weighted by molar-refractivity contribution is 5.75. The summed E-state index contributed by atoms with van der Waals surface area (Å²) in [5.41, 5.74) is 7.51. The van der Waals surface area contributed by atoms with Crippen molar-refractivity contribution in [1.82, 2.24) is 0 Å². The minimum Gasteiger partial charge on any atom is -0.493 e. The molecule has 2 rings (SSSR count). The largest absolute Gasteiger partial charge is 0.493 e. The highest BCUT2D eigenvalue weighted by Crippen LogP contribution is 2.29. The normalized spacial score (nSPS) is 11.7. The summed E-state index contributed by atoms with van der Waals surface area (Å²) >= 11 is 0. The molecule has 0 aromatic heterocycles. The van der Waals surface area contributed by atoms with Crippen molar-refractivity contribution in [3.05, 3.63) is 59.4 Å². The van der Waals surface area contributed by atoms with Crippen LogP contribution >= 0.6 is 0 Å². The van der Waals surface area contributed by atoms with Gasteiger partial charge in [0.2, 0.25) is 0 Å². The van der Waals surface area contributed by atoms with Crippen LogP contribution in [0.4, 0.5) is 4.39 Å². The molecule has 0 fully saturated rings. The topological polar surface area (TPSA) is 70.8 Å². The average molecular weight is 347 g/mol. The van der Waals surface area contributed by atoms with Gasteiger partial charge in [0.05, 0.1) is 13.7 Å². The van der Waals surface area contributed by atoms with Crippen molar-refractivity contribution in [2.45, 2.75) is 26.0 Å². The van der Waals surface area contributed by atoms with Crippen LogP contribution in [0.1, 0.15) is 18.1 Å². The molecule has 134 valence electrons. The predicted molar refractivity (Wildman–Crippen MR) is 92.0 cm³/mol. The lowest BCUT2D eigenvalue weighted by atomic mass is 10.1. The highest BCUT2D eigenvalue weighted by Gasteiger charge is 2.16. The molecule has 2 aromatic carbocycles. The lowest BCUT2D eigenvalue weighted by Gasteiger charge is -2.14. The number of esters is 1. The summed E-state index contributed by atoms with van der Waals surface area (Å²) in [7, 11) is 1.55. The molecular formula is C19H22FNO4. The van der Waals surface area contributed by atoms with Crippen LogP contribution < -0.4 is 15.2 Å². The minimum absolute atomic E-state index is 0.268. The van der Waals surface area contributed by atoms with Crippen LogP contribution in [0.25, 0.3) is 0 Å². The number of hydrogen-bond acceptors (Lipinski definition) is 5. The molecule has 0 aliphatic rings. The van der Waals surface area contributed by atoms with Crippen LogP contribution in [0.5, 0.6) is 11.5 Å². The molecule has 0 saturated carbocycles. The summed E-state index contributed by atoms with van der Waals surface area (Å²) in [6.45, 7) is 2.30. The van der Waals surface area contributed by atoms with Crippen LogP contribution in [0.3, 0.4) is 0 Å². The Bertz CT molecular complexity index is 703. The number of carbonyl (C=O) groups excluding carboxylic acids is 1. The Morgan fingerprint density at radius 1 is 1.12 bits per heavy atom. The van der Waals surface area contributed by atoms with E-state index in [-0.39, 0.29) is 12.4 Å². The zero-order chi connectivity index (χ0) is 18.2. The van der Waals surface area contributed by atoms with Gasteiger partial charge in [-0.1, -0.05) is 18.2 Å². The average Bonchev–Trinajstić information content (AvgIpc) is 2.61. The van der Waals surface area contributed by atoms with E-state index in [1.54, 1.807) is 38.3 Å². The maximum Gasteiger partial charge on any atom is 0.323 e. The van der Waals surface area contributed by atoms with Gasteiger partial charge < -0.3 is 19.9 Å². The second-order valence-corrected chi connectivity index (χ2v) is 5.46. The van der Waals surface area contributed by atoms with Gasteiger partial charge in [-0.25, -0.2) is 4.39 Å². The SMILES string of the molecule is CCOC(=O)C(N)Cc1ccc(OC)c(OCc2ccc(F)cc2)c1. The molecular weight excluding hydrogens is 325 g/mol. The fourth-order valence-electron chi connectivity index (χ4n) is 2.29. The molecule has 0 amide bonds. The van der Waals surface area contributed by atoms with Gasteiger partial charge in [0.25, 0.3) is 0 Å². The molecule has 1 unspecified atom stereocenters. The van der Waals surface area contributed by atoms with Gasteiger partial charge in [0, 0.05) is 0 Å². The van der Waals surface area contributed by atoms with Gasteiger partial charge in [-0.2, -0.15) is 0 Å². The Kier molecular flexibility index (Phi) is 6.77. The Morgan fingerprint density at radius 2 is 1.80 bits per heavy atom. The standard InChI is InChI=1S/C19H22FNO4/c1-3-24-19(22)16(21)10-14-6-9-17(23-2)18(11-14)25-12-13-4-7-15(20)8-5-13/h4-9,11,16H,3,10,12,21H2,1-2H3. The number of benzene rings is 2. The van der Waals surface area contributed by atoms with Gasteiger partial charge in [-0.05, 0) is 48.7 Å². The van der Waals surface area contributed by atoms with E-state index >= 15 is 0 Å². The monoisotopic (exact) mass is 347 g/mol. The Hall–Kier alpha value is -2.60. The van der Waals surface area contributed by atoms with Crippen LogP contribution in [0.15, 0.2) is 42.5 Å². The van der Waals surface area contributed by atoms with E-state index in [1.165, 1.54) is 12.1 Å². The van der Waals surface area contributed by atoms with Crippen molar-refractivity contribution in [3.63, 3.8) is 0 Å². The lowest BCUT2D eigenvalue weighted by molar-refractivity contribution is -0.144. The van der Waals surface area contributed by atoms with Crippen molar-refractivity contribution in [3.8, 4) is 11.5 Å². The second-order valence-electron chi connectivity index (χ2n) is 5.46. The zero-order valence-corrected chi connectivity index (χ0v) is 14.3. The maximum atomic E-state index is 13.0. The summed E-state index contributed by atoms with van der Waals surface area (Å²) in [4.78, 5) is 11.7. The molecule has 5 nitrogen and oxygen atoms in total. The number of methoxy groups -OCH3 is 1. The summed E-state index contributed by atoms with van der Waals surface area (Å²) in [5.74, 6) is 0.360. The molecule has 2 aromatic rings. The fourth-order valence-corrected chi connectivity index (χ4v) is 2.29. The lowest BCUT2D eigenvalue weighted by Crippen LogP contribution is -2.34. The van der Waals surface area contributed by atoms with Crippen molar-refractivity contribution in [2.24, 2.45) is 5.73 Å². The van der Waals surface area contributed by atoms with E-state index in [4.69, 9.17) is 19.9 Å². The molecule has 1 atom stereocenters. The highest BCUT2D eigenvalue weighted by atomic mass is 19.1. The molecule has 0 bridgehead atoms. The van der Waals surface area contributed by atoms with Crippen LogP contribution in [0, 0.1) is 5.82 Å². The predicted octanol–water partition coefficient (Wildman–Crippen LogP) is 2.85. The van der Waals surface area contributed by atoms with E-state index < -0.39 is 12.0 Å². The summed E-state index contributed by atoms with van der Waals surface area (Å²) in [6.07, 6.45) is 0.329. The smallest absolute Gasteiger partial charge is 0.323 e. The first-order chi connectivity index (χ1) is 12.0. The molecule has 0 aliphatic heterocycles. The van der Waals surface area contributed by atoms with E-state index in [9.17, 15) is 9.18 Å². The third kappa shape index (κ3) is 5.46. The molecule has 0 aliphatic carbocycles. The van der Waals surface area contributed by atoms with Crippen LogP contribution in [0.2, 0.25) is 0 Å². The Morgan fingerprint density at radius 3 is 2.44 bits per heavy atom. The van der Waals surface area contributed by atoms with E-state index in [0.29, 0.717) is 24.5 Å². The molecule has 25 heavy (non-hydrogen) atoms. The van der Waals surface area contributed by atoms with Crippen molar-refractivity contribution in [1.29, 1.82) is 0 Å². The van der Waals surface area contributed by atoms with Gasteiger partial charge >= 0.3 is 5.97 Å². The quantitative estimate of drug-likeness (QED) is 0.744. The fraction of sp³-hybridized carbons (Fsp3) is 0.316. The number of nitrogens with two attached hydrogens (primary N) is 1. The molecule has 6 heteroatoms. The summed E-state index contributed by atoms with van der Waals surface area (Å²) in [5, 5.41) is 0. The van der Waals surface area contributed by atoms with Crippen molar-refractivity contribution < 1.29 is 23.4 Å². The summed E-state index contributed by atoms with van der Waals surface area (Å²) < 4.78 is 28.9. The van der Waals surface area contributed by atoms with Crippen LogP contribution in [-0.2, 0) is 22.6 Å². The maximum absolute atomic E-state index is 13.0. The molecule has 0 heterocycles. The zero-order valence-electron chi connectivity index (χ0n) is 14.3. The van der Waals surface area contributed by atoms with E-state index in [2.05, 4.69) is 0 Å².